The van der Waals surface area contributed by atoms with Gasteiger partial charge in [-0.2, -0.15) is 0 Å². The number of aryl methyl sites for hydroxylation is 1. The van der Waals surface area contributed by atoms with E-state index in [1.807, 2.05) is 37.3 Å². The van der Waals surface area contributed by atoms with Gasteiger partial charge in [0.15, 0.2) is 0 Å². The highest BCUT2D eigenvalue weighted by molar-refractivity contribution is 9.11. The lowest BCUT2D eigenvalue weighted by Gasteiger charge is -2.18. The van der Waals surface area contributed by atoms with Crippen molar-refractivity contribution in [3.8, 4) is 5.75 Å². The summed E-state index contributed by atoms with van der Waals surface area (Å²) in [4.78, 5) is 0. The highest BCUT2D eigenvalue weighted by Gasteiger charge is 2.19. The minimum Gasteiger partial charge on any atom is -0.496 e. The lowest BCUT2D eigenvalue weighted by Crippen LogP contribution is -2.04. The summed E-state index contributed by atoms with van der Waals surface area (Å²) in [5.41, 5.74) is 2.63. The minimum atomic E-state index is -0.760. The molecule has 2 aromatic carbocycles. The predicted octanol–water partition coefficient (Wildman–Crippen LogP) is 5.37. The van der Waals surface area contributed by atoms with Crippen molar-refractivity contribution >= 4 is 47.8 Å². The molecule has 0 spiro atoms. The van der Waals surface area contributed by atoms with Gasteiger partial charge in [-0.3, -0.25) is 0 Å². The van der Waals surface area contributed by atoms with Crippen LogP contribution in [0.15, 0.2) is 43.7 Å². The van der Waals surface area contributed by atoms with E-state index >= 15 is 0 Å². The molecule has 106 valence electrons. The molecular formula is C15H13Br3O2. The summed E-state index contributed by atoms with van der Waals surface area (Å²) in [5, 5.41) is 10.6. The van der Waals surface area contributed by atoms with E-state index in [4.69, 9.17) is 4.74 Å². The summed E-state index contributed by atoms with van der Waals surface area (Å²) < 4.78 is 8.09. The number of halogens is 3. The van der Waals surface area contributed by atoms with Gasteiger partial charge in [0, 0.05) is 24.5 Å². The first-order valence-corrected chi connectivity index (χ1v) is 8.29. The molecule has 20 heavy (non-hydrogen) atoms. The van der Waals surface area contributed by atoms with Crippen LogP contribution >= 0.6 is 47.8 Å². The van der Waals surface area contributed by atoms with Crippen LogP contribution in [0.3, 0.4) is 0 Å². The maximum atomic E-state index is 10.6. The van der Waals surface area contributed by atoms with Gasteiger partial charge in [-0.1, -0.05) is 53.9 Å². The molecule has 0 saturated carbocycles. The van der Waals surface area contributed by atoms with E-state index in [9.17, 15) is 5.11 Å². The standard InChI is InChI=1S/C15H13Br3O2/c1-8-5-13(18)11(7-12(8)17)15(19)10-4-3-9(16)6-14(10)20-2/h3-7,15,19H,1-2H3. The maximum absolute atomic E-state index is 10.6. The third kappa shape index (κ3) is 3.27. The van der Waals surface area contributed by atoms with Gasteiger partial charge in [0.2, 0.25) is 0 Å². The summed E-state index contributed by atoms with van der Waals surface area (Å²) in [6, 6.07) is 9.49. The molecule has 0 aliphatic carbocycles. The molecule has 0 fully saturated rings. The van der Waals surface area contributed by atoms with Crippen LogP contribution in [0.1, 0.15) is 22.8 Å². The van der Waals surface area contributed by atoms with Crippen molar-refractivity contribution in [1.82, 2.24) is 0 Å². The Labute approximate surface area is 143 Å². The molecule has 1 N–H and O–H groups in total. The monoisotopic (exact) mass is 462 g/mol. The van der Waals surface area contributed by atoms with Crippen LogP contribution in [-0.2, 0) is 0 Å². The molecule has 2 rings (SSSR count). The van der Waals surface area contributed by atoms with E-state index in [1.54, 1.807) is 7.11 Å². The van der Waals surface area contributed by atoms with E-state index in [0.717, 1.165) is 30.1 Å². The molecule has 0 aliphatic rings. The van der Waals surface area contributed by atoms with Gasteiger partial charge in [-0.25, -0.2) is 0 Å². The summed E-state index contributed by atoms with van der Waals surface area (Å²) in [5.74, 6) is 0.649. The van der Waals surface area contributed by atoms with Gasteiger partial charge in [0.05, 0.1) is 7.11 Å². The Morgan fingerprint density at radius 1 is 1.00 bits per heavy atom. The topological polar surface area (TPSA) is 29.5 Å². The molecule has 0 radical (unpaired) electrons. The first kappa shape index (κ1) is 16.0. The highest BCUT2D eigenvalue weighted by Crippen LogP contribution is 2.37. The fourth-order valence-corrected chi connectivity index (χ4v) is 3.33. The van der Waals surface area contributed by atoms with Crippen LogP contribution < -0.4 is 4.74 Å². The van der Waals surface area contributed by atoms with Gasteiger partial charge in [0.1, 0.15) is 11.9 Å². The Balaban J connectivity index is 2.51. The highest BCUT2D eigenvalue weighted by atomic mass is 79.9. The molecule has 0 amide bonds. The van der Waals surface area contributed by atoms with Gasteiger partial charge in [0.25, 0.3) is 0 Å². The smallest absolute Gasteiger partial charge is 0.126 e. The van der Waals surface area contributed by atoms with E-state index < -0.39 is 6.10 Å². The third-order valence-corrected chi connectivity index (χ3v) is 5.10. The van der Waals surface area contributed by atoms with Crippen molar-refractivity contribution in [3.63, 3.8) is 0 Å². The molecule has 0 heterocycles. The van der Waals surface area contributed by atoms with E-state index in [2.05, 4.69) is 47.8 Å². The second-order valence-electron chi connectivity index (χ2n) is 4.41. The van der Waals surface area contributed by atoms with Crippen molar-refractivity contribution < 1.29 is 9.84 Å². The maximum Gasteiger partial charge on any atom is 0.126 e. The van der Waals surface area contributed by atoms with E-state index in [1.165, 1.54) is 0 Å². The van der Waals surface area contributed by atoms with Crippen LogP contribution in [0, 0.1) is 6.92 Å². The number of hydrogen-bond donors (Lipinski definition) is 1. The summed E-state index contributed by atoms with van der Waals surface area (Å²) in [7, 11) is 1.60. The lowest BCUT2D eigenvalue weighted by molar-refractivity contribution is 0.214. The normalized spacial score (nSPS) is 12.3. The number of aliphatic hydroxyl groups is 1. The largest absolute Gasteiger partial charge is 0.496 e. The van der Waals surface area contributed by atoms with Gasteiger partial charge in [-0.05, 0) is 36.8 Å². The zero-order chi connectivity index (χ0) is 14.9. The molecule has 0 saturated heterocycles. The molecule has 5 heteroatoms. The molecule has 2 aromatic rings. The number of methoxy groups -OCH3 is 1. The van der Waals surface area contributed by atoms with Crippen molar-refractivity contribution in [2.45, 2.75) is 13.0 Å². The zero-order valence-electron chi connectivity index (χ0n) is 11.0. The van der Waals surface area contributed by atoms with Gasteiger partial charge < -0.3 is 9.84 Å². The van der Waals surface area contributed by atoms with Crippen LogP contribution in [0.4, 0.5) is 0 Å². The molecule has 1 atom stereocenters. The average Bonchev–Trinajstić information content (AvgIpc) is 2.42. The van der Waals surface area contributed by atoms with Crippen LogP contribution in [0.2, 0.25) is 0 Å². The third-order valence-electron chi connectivity index (χ3n) is 3.06. The Kier molecular flexibility index (Phi) is 5.29. The molecule has 1 unspecified atom stereocenters. The SMILES string of the molecule is COc1cc(Br)ccc1C(O)c1cc(Br)c(C)cc1Br. The number of benzene rings is 2. The Morgan fingerprint density at radius 3 is 2.35 bits per heavy atom. The average molecular weight is 465 g/mol. The van der Waals surface area contributed by atoms with Crippen molar-refractivity contribution in [3.05, 3.63) is 60.4 Å². The van der Waals surface area contributed by atoms with E-state index in [-0.39, 0.29) is 0 Å². The van der Waals surface area contributed by atoms with Crippen LogP contribution in [0.5, 0.6) is 5.75 Å². The van der Waals surface area contributed by atoms with Crippen molar-refractivity contribution in [1.29, 1.82) is 0 Å². The van der Waals surface area contributed by atoms with E-state index in [0.29, 0.717) is 5.75 Å². The Bertz CT molecular complexity index is 641. The zero-order valence-corrected chi connectivity index (χ0v) is 15.7. The van der Waals surface area contributed by atoms with Crippen molar-refractivity contribution in [2.24, 2.45) is 0 Å². The molecule has 0 aliphatic heterocycles. The number of rotatable bonds is 3. The summed E-state index contributed by atoms with van der Waals surface area (Å²) in [6.07, 6.45) is -0.760. The fourth-order valence-electron chi connectivity index (χ4n) is 1.95. The molecule has 0 aromatic heterocycles. The molecular weight excluding hydrogens is 452 g/mol. The fraction of sp³-hybridized carbons (Fsp3) is 0.200. The number of hydrogen-bond acceptors (Lipinski definition) is 2. The Morgan fingerprint density at radius 2 is 1.70 bits per heavy atom. The number of ether oxygens (including phenoxy) is 1. The Hall–Kier alpha value is -0.360. The number of aliphatic hydroxyl groups excluding tert-OH is 1. The molecule has 2 nitrogen and oxygen atoms in total. The first-order valence-electron chi connectivity index (χ1n) is 5.91. The van der Waals surface area contributed by atoms with Gasteiger partial charge in [-0.15, -0.1) is 0 Å². The quantitative estimate of drug-likeness (QED) is 0.661. The van der Waals surface area contributed by atoms with Crippen LogP contribution in [-0.4, -0.2) is 12.2 Å². The second-order valence-corrected chi connectivity index (χ2v) is 7.04. The predicted molar refractivity (Wildman–Crippen MR) is 91.3 cm³/mol. The van der Waals surface area contributed by atoms with Gasteiger partial charge >= 0.3 is 0 Å². The molecule has 0 bridgehead atoms. The summed E-state index contributed by atoms with van der Waals surface area (Å²) in [6.45, 7) is 2.01. The summed E-state index contributed by atoms with van der Waals surface area (Å²) >= 11 is 10.4. The first-order chi connectivity index (χ1) is 9.43. The minimum absolute atomic E-state index is 0.649. The van der Waals surface area contributed by atoms with Crippen LogP contribution in [0.25, 0.3) is 0 Å². The second kappa shape index (κ2) is 6.60. The van der Waals surface area contributed by atoms with Crippen molar-refractivity contribution in [2.75, 3.05) is 7.11 Å². The lowest BCUT2D eigenvalue weighted by atomic mass is 10.00.